The third-order valence-electron chi connectivity index (χ3n) is 2.64. The van der Waals surface area contributed by atoms with Crippen molar-refractivity contribution in [2.24, 2.45) is 5.11 Å². The number of azide groups is 1. The minimum Gasteiger partial charge on any atom is -0.460 e. The number of carbonyl (C=O) groups is 2. The fourth-order valence-electron chi connectivity index (χ4n) is 1.73. The molecule has 0 aromatic rings. The van der Waals surface area contributed by atoms with Crippen LogP contribution in [0.3, 0.4) is 0 Å². The first-order valence-electron chi connectivity index (χ1n) is 7.41. The van der Waals surface area contributed by atoms with Gasteiger partial charge in [0.2, 0.25) is 5.91 Å². The van der Waals surface area contributed by atoms with Crippen LogP contribution >= 0.6 is 0 Å². The molecule has 0 fully saturated rings. The Morgan fingerprint density at radius 1 is 1.32 bits per heavy atom. The molecule has 0 rings (SSSR count). The second-order valence-corrected chi connectivity index (χ2v) is 6.00. The van der Waals surface area contributed by atoms with Crippen molar-refractivity contribution < 1.29 is 19.4 Å². The Bertz CT molecular complexity index is 400. The zero-order valence-electron chi connectivity index (χ0n) is 13.5. The lowest BCUT2D eigenvalue weighted by Crippen LogP contribution is -2.40. The minimum absolute atomic E-state index is 0.0591. The molecule has 8 heteroatoms. The quantitative estimate of drug-likeness (QED) is 0.210. The molecule has 0 radical (unpaired) electrons. The molecule has 126 valence electrons. The number of nitrogens with zero attached hydrogens (tertiary/aromatic N) is 3. The van der Waals surface area contributed by atoms with Gasteiger partial charge in [0.05, 0.1) is 19.1 Å². The van der Waals surface area contributed by atoms with Crippen LogP contribution in [-0.2, 0) is 14.3 Å². The third-order valence-corrected chi connectivity index (χ3v) is 2.64. The molecule has 8 nitrogen and oxygen atoms in total. The first kappa shape index (κ1) is 20.2. The van der Waals surface area contributed by atoms with Crippen LogP contribution in [0.2, 0.25) is 0 Å². The van der Waals surface area contributed by atoms with Crippen LogP contribution in [0.25, 0.3) is 10.4 Å². The highest BCUT2D eigenvalue weighted by atomic mass is 16.6. The van der Waals surface area contributed by atoms with Gasteiger partial charge in [0.1, 0.15) is 5.60 Å². The predicted octanol–water partition coefficient (Wildman–Crippen LogP) is 2.07. The highest BCUT2D eigenvalue weighted by Crippen LogP contribution is 2.09. The molecule has 0 aromatic heterocycles. The van der Waals surface area contributed by atoms with Gasteiger partial charge in [-0.1, -0.05) is 11.5 Å². The lowest BCUT2D eigenvalue weighted by molar-refractivity contribution is -0.155. The van der Waals surface area contributed by atoms with E-state index in [-0.39, 0.29) is 18.9 Å². The summed E-state index contributed by atoms with van der Waals surface area (Å²) in [7, 11) is 0. The van der Waals surface area contributed by atoms with Crippen LogP contribution in [-0.4, -0.2) is 41.8 Å². The second-order valence-electron chi connectivity index (χ2n) is 6.00. The van der Waals surface area contributed by atoms with Gasteiger partial charge in [-0.15, -0.1) is 0 Å². The van der Waals surface area contributed by atoms with E-state index < -0.39 is 17.6 Å². The van der Waals surface area contributed by atoms with Gasteiger partial charge in [0.25, 0.3) is 0 Å². The highest BCUT2D eigenvalue weighted by Gasteiger charge is 2.21. The first-order chi connectivity index (χ1) is 10.3. The van der Waals surface area contributed by atoms with Crippen molar-refractivity contribution in [2.45, 2.75) is 64.5 Å². The number of rotatable bonds is 10. The maximum atomic E-state index is 11.7. The zero-order chi connectivity index (χ0) is 17.0. The second kappa shape index (κ2) is 10.9. The number of aliphatic hydroxyl groups excluding tert-OH is 1. The Morgan fingerprint density at radius 3 is 2.55 bits per heavy atom. The molecule has 0 bridgehead atoms. The number of esters is 1. The standard InChI is InChI=1S/C14H26N4O4/c1-14(2,3)22-13(21)9-11(10-19)17-12(20)7-5-4-6-8-16-18-15/h11,19H,4-10H2,1-3H3,(H,17,20)/t11-/m0/s1. The average Bonchev–Trinajstić information content (AvgIpc) is 2.39. The highest BCUT2D eigenvalue weighted by molar-refractivity contribution is 5.77. The van der Waals surface area contributed by atoms with Gasteiger partial charge in [-0.05, 0) is 39.1 Å². The van der Waals surface area contributed by atoms with E-state index >= 15 is 0 Å². The van der Waals surface area contributed by atoms with Crippen LogP contribution < -0.4 is 5.32 Å². The largest absolute Gasteiger partial charge is 0.460 e. The molecule has 0 spiro atoms. The van der Waals surface area contributed by atoms with E-state index in [1.54, 1.807) is 20.8 Å². The first-order valence-corrected chi connectivity index (χ1v) is 7.41. The fourth-order valence-corrected chi connectivity index (χ4v) is 1.73. The molecule has 2 N–H and O–H groups in total. The van der Waals surface area contributed by atoms with Crippen molar-refractivity contribution in [3.63, 3.8) is 0 Å². The van der Waals surface area contributed by atoms with E-state index in [1.807, 2.05) is 0 Å². The van der Waals surface area contributed by atoms with Crippen molar-refractivity contribution in [3.05, 3.63) is 10.4 Å². The van der Waals surface area contributed by atoms with Crippen LogP contribution in [0, 0.1) is 0 Å². The Morgan fingerprint density at radius 2 is 2.00 bits per heavy atom. The number of aliphatic hydroxyl groups is 1. The maximum absolute atomic E-state index is 11.7. The van der Waals surface area contributed by atoms with Crippen molar-refractivity contribution in [3.8, 4) is 0 Å². The maximum Gasteiger partial charge on any atom is 0.308 e. The van der Waals surface area contributed by atoms with E-state index in [1.165, 1.54) is 0 Å². The van der Waals surface area contributed by atoms with Crippen LogP contribution in [0.15, 0.2) is 5.11 Å². The van der Waals surface area contributed by atoms with Gasteiger partial charge in [-0.25, -0.2) is 0 Å². The summed E-state index contributed by atoms with van der Waals surface area (Å²) in [5, 5.41) is 15.2. The lowest BCUT2D eigenvalue weighted by atomic mass is 10.1. The summed E-state index contributed by atoms with van der Waals surface area (Å²) >= 11 is 0. The number of unbranched alkanes of at least 4 members (excludes halogenated alkanes) is 2. The summed E-state index contributed by atoms with van der Waals surface area (Å²) < 4.78 is 5.15. The summed E-state index contributed by atoms with van der Waals surface area (Å²) in [5.41, 5.74) is 7.52. The normalized spacial score (nSPS) is 12.2. The van der Waals surface area contributed by atoms with Gasteiger partial charge in [0, 0.05) is 17.9 Å². The molecule has 0 saturated heterocycles. The molecule has 0 heterocycles. The van der Waals surface area contributed by atoms with Gasteiger partial charge in [-0.2, -0.15) is 0 Å². The van der Waals surface area contributed by atoms with Crippen molar-refractivity contribution in [1.82, 2.24) is 5.32 Å². The monoisotopic (exact) mass is 314 g/mol. The zero-order valence-corrected chi connectivity index (χ0v) is 13.5. The lowest BCUT2D eigenvalue weighted by Gasteiger charge is -2.22. The molecular weight excluding hydrogens is 288 g/mol. The van der Waals surface area contributed by atoms with Crippen LogP contribution in [0.4, 0.5) is 0 Å². The summed E-state index contributed by atoms with van der Waals surface area (Å²) in [6.07, 6.45) is 2.43. The summed E-state index contributed by atoms with van der Waals surface area (Å²) in [6.45, 7) is 5.38. The third kappa shape index (κ3) is 12.0. The van der Waals surface area contributed by atoms with Gasteiger partial charge in [0.15, 0.2) is 0 Å². The SMILES string of the molecule is CC(C)(C)OC(=O)C[C@@H](CO)NC(=O)CCCCCN=[N+]=[N-]. The van der Waals surface area contributed by atoms with Crippen molar-refractivity contribution in [2.75, 3.05) is 13.2 Å². The number of nitrogens with one attached hydrogen (secondary N) is 1. The molecule has 0 aliphatic rings. The predicted molar refractivity (Wildman–Crippen MR) is 82.0 cm³/mol. The molecule has 0 aliphatic heterocycles. The van der Waals surface area contributed by atoms with E-state index in [4.69, 9.17) is 10.3 Å². The topological polar surface area (TPSA) is 124 Å². The number of hydrogen-bond donors (Lipinski definition) is 2. The van der Waals surface area contributed by atoms with Crippen LogP contribution in [0.1, 0.15) is 52.9 Å². The Labute approximate surface area is 130 Å². The van der Waals surface area contributed by atoms with Crippen molar-refractivity contribution in [1.29, 1.82) is 0 Å². The van der Waals surface area contributed by atoms with Gasteiger partial charge < -0.3 is 15.2 Å². The molecule has 1 amide bonds. The summed E-state index contributed by atoms with van der Waals surface area (Å²) in [4.78, 5) is 26.0. The van der Waals surface area contributed by atoms with E-state index in [0.29, 0.717) is 19.4 Å². The number of ether oxygens (including phenoxy) is 1. The molecule has 0 unspecified atom stereocenters. The smallest absolute Gasteiger partial charge is 0.308 e. The molecule has 0 saturated carbocycles. The average molecular weight is 314 g/mol. The number of amides is 1. The van der Waals surface area contributed by atoms with Crippen molar-refractivity contribution >= 4 is 11.9 Å². The molecule has 0 aliphatic carbocycles. The Hall–Kier alpha value is -1.79. The summed E-state index contributed by atoms with van der Waals surface area (Å²) in [5.74, 6) is -0.674. The molecule has 1 atom stereocenters. The van der Waals surface area contributed by atoms with E-state index in [0.717, 1.165) is 12.8 Å². The van der Waals surface area contributed by atoms with E-state index in [2.05, 4.69) is 15.3 Å². The van der Waals surface area contributed by atoms with E-state index in [9.17, 15) is 14.7 Å². The number of carbonyl (C=O) groups excluding carboxylic acids is 2. The minimum atomic E-state index is -0.634. The van der Waals surface area contributed by atoms with Gasteiger partial charge >= 0.3 is 5.97 Å². The molecular formula is C14H26N4O4. The summed E-state index contributed by atoms with van der Waals surface area (Å²) in [6, 6.07) is -0.634. The Kier molecular flexibility index (Phi) is 9.98. The fraction of sp³-hybridized carbons (Fsp3) is 0.857. The van der Waals surface area contributed by atoms with Crippen LogP contribution in [0.5, 0.6) is 0 Å². The molecule has 0 aromatic carbocycles. The molecule has 22 heavy (non-hydrogen) atoms. The van der Waals surface area contributed by atoms with Gasteiger partial charge in [-0.3, -0.25) is 9.59 Å². The number of hydrogen-bond acceptors (Lipinski definition) is 5. The Balaban J connectivity index is 3.98.